The summed E-state index contributed by atoms with van der Waals surface area (Å²) in [5.41, 5.74) is 1.43. The summed E-state index contributed by atoms with van der Waals surface area (Å²) in [7, 11) is 1.68. The molecule has 5 rings (SSSR count). The molecular weight excluding hydrogens is 412 g/mol. The molecule has 0 saturated heterocycles. The maximum absolute atomic E-state index is 12.5. The molecule has 10 heteroatoms. The normalized spacial score (nSPS) is 11.5. The van der Waals surface area contributed by atoms with E-state index in [1.165, 1.54) is 16.3 Å². The lowest BCUT2D eigenvalue weighted by Crippen LogP contribution is -2.20. The van der Waals surface area contributed by atoms with Crippen LogP contribution in [0.2, 0.25) is 5.02 Å². The van der Waals surface area contributed by atoms with E-state index in [0.717, 1.165) is 11.1 Å². The average molecular weight is 425 g/mol. The summed E-state index contributed by atoms with van der Waals surface area (Å²) in [6.07, 6.45) is 0. The molecule has 0 aliphatic heterocycles. The summed E-state index contributed by atoms with van der Waals surface area (Å²) < 4.78 is 8.71. The van der Waals surface area contributed by atoms with Crippen molar-refractivity contribution in [2.24, 2.45) is 7.05 Å². The Labute approximate surface area is 173 Å². The van der Waals surface area contributed by atoms with Crippen molar-refractivity contribution >= 4 is 40.0 Å². The fraction of sp³-hybridized carbons (Fsp3) is 0.105. The molecule has 0 fully saturated rings. The molecule has 5 aromatic rings. The van der Waals surface area contributed by atoms with Crippen molar-refractivity contribution in [3.8, 4) is 11.4 Å². The van der Waals surface area contributed by atoms with Gasteiger partial charge in [-0.25, -0.2) is 0 Å². The van der Waals surface area contributed by atoms with Crippen molar-refractivity contribution in [2.45, 2.75) is 10.9 Å². The van der Waals surface area contributed by atoms with Gasteiger partial charge >= 0.3 is 0 Å². The number of hydrogen-bond acceptors (Lipinski definition) is 7. The van der Waals surface area contributed by atoms with Crippen LogP contribution in [0.5, 0.6) is 0 Å². The third-order valence-electron chi connectivity index (χ3n) is 4.47. The van der Waals surface area contributed by atoms with Gasteiger partial charge in [0, 0.05) is 17.6 Å². The fourth-order valence-electron chi connectivity index (χ4n) is 3.09. The molecule has 29 heavy (non-hydrogen) atoms. The molecule has 2 aromatic carbocycles. The summed E-state index contributed by atoms with van der Waals surface area (Å²) in [4.78, 5) is 16.9. The third kappa shape index (κ3) is 3.08. The first-order valence-corrected chi connectivity index (χ1v) is 10.0. The maximum Gasteiger partial charge on any atom is 0.262 e. The predicted octanol–water partition coefficient (Wildman–Crippen LogP) is 3.58. The highest BCUT2D eigenvalue weighted by molar-refractivity contribution is 7.98. The maximum atomic E-state index is 12.5. The van der Waals surface area contributed by atoms with Gasteiger partial charge in [-0.05, 0) is 24.3 Å². The first-order chi connectivity index (χ1) is 14.1. The van der Waals surface area contributed by atoms with Gasteiger partial charge in [0.05, 0.1) is 16.7 Å². The number of benzene rings is 2. The topological polar surface area (TPSA) is 91.1 Å². The van der Waals surface area contributed by atoms with E-state index in [2.05, 4.69) is 20.3 Å². The number of aryl methyl sites for hydroxylation is 1. The van der Waals surface area contributed by atoms with Gasteiger partial charge < -0.3 is 4.52 Å². The van der Waals surface area contributed by atoms with E-state index >= 15 is 0 Å². The predicted molar refractivity (Wildman–Crippen MR) is 110 cm³/mol. The fourth-order valence-corrected chi connectivity index (χ4v) is 4.06. The zero-order chi connectivity index (χ0) is 20.0. The van der Waals surface area contributed by atoms with Gasteiger partial charge in [-0.3, -0.25) is 13.8 Å². The Hall–Kier alpha value is -3.17. The highest BCUT2D eigenvalue weighted by Gasteiger charge is 2.16. The van der Waals surface area contributed by atoms with Gasteiger partial charge in [-0.2, -0.15) is 4.98 Å². The molecular formula is C19H13ClN6O2S. The van der Waals surface area contributed by atoms with Crippen LogP contribution in [0.25, 0.3) is 28.1 Å². The summed E-state index contributed by atoms with van der Waals surface area (Å²) in [5, 5.41) is 14.3. The lowest BCUT2D eigenvalue weighted by atomic mass is 10.2. The molecule has 144 valence electrons. The van der Waals surface area contributed by atoms with E-state index in [0.29, 0.717) is 38.8 Å². The van der Waals surface area contributed by atoms with E-state index in [-0.39, 0.29) is 5.56 Å². The second-order valence-electron chi connectivity index (χ2n) is 6.31. The molecule has 0 amide bonds. The second kappa shape index (κ2) is 7.02. The number of para-hydroxylation sites is 1. The van der Waals surface area contributed by atoms with E-state index in [1.54, 1.807) is 25.2 Å². The number of rotatable bonds is 4. The molecule has 0 unspecified atom stereocenters. The molecule has 8 nitrogen and oxygen atoms in total. The van der Waals surface area contributed by atoms with Crippen LogP contribution in [0.1, 0.15) is 5.89 Å². The second-order valence-corrected chi connectivity index (χ2v) is 7.69. The van der Waals surface area contributed by atoms with Crippen molar-refractivity contribution in [1.29, 1.82) is 0 Å². The Kier molecular flexibility index (Phi) is 4.33. The van der Waals surface area contributed by atoms with E-state index in [1.807, 2.05) is 34.7 Å². The summed E-state index contributed by atoms with van der Waals surface area (Å²) in [6.45, 7) is 0. The molecule has 0 N–H and O–H groups in total. The van der Waals surface area contributed by atoms with Crippen LogP contribution in [0, 0.1) is 0 Å². The van der Waals surface area contributed by atoms with Crippen LogP contribution in [-0.2, 0) is 12.8 Å². The highest BCUT2D eigenvalue weighted by atomic mass is 35.5. The molecule has 0 atom stereocenters. The molecule has 3 heterocycles. The smallest absolute Gasteiger partial charge is 0.262 e. The number of nitrogens with zero attached hydrogens (tertiary/aromatic N) is 6. The minimum absolute atomic E-state index is 0.111. The van der Waals surface area contributed by atoms with Crippen molar-refractivity contribution < 1.29 is 4.52 Å². The molecule has 0 aliphatic rings. The Morgan fingerprint density at radius 3 is 2.86 bits per heavy atom. The minimum Gasteiger partial charge on any atom is -0.338 e. The van der Waals surface area contributed by atoms with Crippen molar-refractivity contribution in [3.05, 3.63) is 69.8 Å². The first kappa shape index (κ1) is 17.9. The Bertz CT molecular complexity index is 1420. The highest BCUT2D eigenvalue weighted by Crippen LogP contribution is 2.25. The van der Waals surface area contributed by atoms with Crippen LogP contribution in [-0.4, -0.2) is 29.3 Å². The van der Waals surface area contributed by atoms with Crippen molar-refractivity contribution in [3.63, 3.8) is 0 Å². The Balaban J connectivity index is 1.49. The number of thioether (sulfide) groups is 1. The largest absolute Gasteiger partial charge is 0.338 e. The molecule has 0 spiro atoms. The average Bonchev–Trinajstić information content (AvgIpc) is 3.38. The van der Waals surface area contributed by atoms with Crippen LogP contribution in [0.3, 0.4) is 0 Å². The lowest BCUT2D eigenvalue weighted by Gasteiger charge is -2.06. The third-order valence-corrected chi connectivity index (χ3v) is 5.62. The summed E-state index contributed by atoms with van der Waals surface area (Å²) >= 11 is 7.43. The van der Waals surface area contributed by atoms with Crippen LogP contribution in [0.15, 0.2) is 63.0 Å². The number of aromatic nitrogens is 6. The molecule has 0 bridgehead atoms. The van der Waals surface area contributed by atoms with E-state index in [9.17, 15) is 4.79 Å². The number of hydrogen-bond donors (Lipinski definition) is 0. The molecule has 0 saturated carbocycles. The molecule has 3 aromatic heterocycles. The van der Waals surface area contributed by atoms with Gasteiger partial charge in [0.2, 0.25) is 17.5 Å². The van der Waals surface area contributed by atoms with Gasteiger partial charge in [-0.1, -0.05) is 52.8 Å². The van der Waals surface area contributed by atoms with E-state index < -0.39 is 0 Å². The first-order valence-electron chi connectivity index (χ1n) is 8.66. The quantitative estimate of drug-likeness (QED) is 0.407. The zero-order valence-corrected chi connectivity index (χ0v) is 16.7. The Morgan fingerprint density at radius 1 is 1.14 bits per heavy atom. The van der Waals surface area contributed by atoms with Gasteiger partial charge in [0.25, 0.3) is 5.56 Å². The number of fused-ring (bicyclic) bond motifs is 3. The number of halogens is 1. The van der Waals surface area contributed by atoms with Gasteiger partial charge in [-0.15, -0.1) is 10.2 Å². The van der Waals surface area contributed by atoms with Crippen LogP contribution < -0.4 is 5.56 Å². The molecule has 0 radical (unpaired) electrons. The monoisotopic (exact) mass is 424 g/mol. The summed E-state index contributed by atoms with van der Waals surface area (Å²) in [6, 6.07) is 14.7. The van der Waals surface area contributed by atoms with Gasteiger partial charge in [0.1, 0.15) is 0 Å². The van der Waals surface area contributed by atoms with Crippen molar-refractivity contribution in [2.75, 3.05) is 0 Å². The minimum atomic E-state index is -0.111. The van der Waals surface area contributed by atoms with Crippen LogP contribution in [0.4, 0.5) is 0 Å². The van der Waals surface area contributed by atoms with Crippen molar-refractivity contribution in [1.82, 2.24) is 29.3 Å². The zero-order valence-electron chi connectivity index (χ0n) is 15.1. The standard InChI is InChI=1S/C19H13ClN6O2S/c1-25-17(27)13-7-2-3-8-14(13)26-18(25)22-23-19(26)29-10-15-21-16(24-28-15)11-5-4-6-12(20)9-11/h2-9H,10H2,1H3. The summed E-state index contributed by atoms with van der Waals surface area (Å²) in [5.74, 6) is 1.81. The Morgan fingerprint density at radius 2 is 2.00 bits per heavy atom. The SMILES string of the molecule is Cn1c(=O)c2ccccc2n2c(SCc3nc(-c4cccc(Cl)c4)no3)nnc12. The molecule has 0 aliphatic carbocycles. The van der Waals surface area contributed by atoms with Crippen LogP contribution >= 0.6 is 23.4 Å². The lowest BCUT2D eigenvalue weighted by molar-refractivity contribution is 0.391. The van der Waals surface area contributed by atoms with E-state index in [4.69, 9.17) is 16.1 Å². The van der Waals surface area contributed by atoms with Gasteiger partial charge in [0.15, 0.2) is 5.16 Å².